The fourth-order valence-electron chi connectivity index (χ4n) is 3.31. The molecule has 1 fully saturated rings. The number of sulfonamides is 1. The third-order valence-electron chi connectivity index (χ3n) is 4.85. The SMILES string of the molecule is COc1cc(Br)c(S(=O)(=O)N2CCCC(C(=O)Nc3ccccc3)C2)cc1OC. The second kappa shape index (κ2) is 9.15. The van der Waals surface area contributed by atoms with Gasteiger partial charge in [-0.3, -0.25) is 4.79 Å². The van der Waals surface area contributed by atoms with Gasteiger partial charge in [-0.2, -0.15) is 4.31 Å². The number of carbonyl (C=O) groups excluding carboxylic acids is 1. The first-order chi connectivity index (χ1) is 13.9. The molecule has 2 aromatic rings. The first-order valence-corrected chi connectivity index (χ1v) is 11.4. The van der Waals surface area contributed by atoms with Crippen LogP contribution >= 0.6 is 15.9 Å². The fraction of sp³-hybridized carbons (Fsp3) is 0.350. The molecule has 3 rings (SSSR count). The van der Waals surface area contributed by atoms with Crippen LogP contribution in [0.2, 0.25) is 0 Å². The minimum absolute atomic E-state index is 0.0827. The summed E-state index contributed by atoms with van der Waals surface area (Å²) in [5.74, 6) is 0.155. The number of hydrogen-bond donors (Lipinski definition) is 1. The van der Waals surface area contributed by atoms with Gasteiger partial charge in [0, 0.05) is 29.3 Å². The fourth-order valence-corrected chi connectivity index (χ4v) is 5.83. The molecule has 1 heterocycles. The zero-order chi connectivity index (χ0) is 21.0. The molecule has 1 atom stereocenters. The Balaban J connectivity index is 1.81. The van der Waals surface area contributed by atoms with E-state index >= 15 is 0 Å². The topological polar surface area (TPSA) is 84.9 Å². The highest BCUT2D eigenvalue weighted by Gasteiger charge is 2.35. The number of para-hydroxylation sites is 1. The number of halogens is 1. The highest BCUT2D eigenvalue weighted by Crippen LogP contribution is 2.37. The lowest BCUT2D eigenvalue weighted by Crippen LogP contribution is -2.43. The zero-order valence-corrected chi connectivity index (χ0v) is 18.6. The van der Waals surface area contributed by atoms with Crippen LogP contribution in [-0.2, 0) is 14.8 Å². The molecule has 0 aromatic heterocycles. The van der Waals surface area contributed by atoms with Gasteiger partial charge in [-0.05, 0) is 47.0 Å². The molecule has 1 saturated heterocycles. The smallest absolute Gasteiger partial charge is 0.244 e. The molecule has 1 aliphatic rings. The van der Waals surface area contributed by atoms with Gasteiger partial charge in [0.05, 0.1) is 20.1 Å². The molecule has 2 aromatic carbocycles. The lowest BCUT2D eigenvalue weighted by molar-refractivity contribution is -0.120. The van der Waals surface area contributed by atoms with E-state index in [0.717, 1.165) is 0 Å². The van der Waals surface area contributed by atoms with E-state index in [9.17, 15) is 13.2 Å². The maximum Gasteiger partial charge on any atom is 0.244 e. The lowest BCUT2D eigenvalue weighted by Gasteiger charge is -2.31. The summed E-state index contributed by atoms with van der Waals surface area (Å²) in [5.41, 5.74) is 0.695. The summed E-state index contributed by atoms with van der Waals surface area (Å²) in [6.07, 6.45) is 1.24. The van der Waals surface area contributed by atoms with E-state index in [4.69, 9.17) is 9.47 Å². The normalized spacial score (nSPS) is 17.6. The Kier molecular flexibility index (Phi) is 6.81. The predicted octanol–water partition coefficient (Wildman–Crippen LogP) is 3.51. The van der Waals surface area contributed by atoms with Gasteiger partial charge in [0.25, 0.3) is 0 Å². The van der Waals surface area contributed by atoms with Gasteiger partial charge in [0.2, 0.25) is 15.9 Å². The number of piperidine rings is 1. The summed E-state index contributed by atoms with van der Waals surface area (Å²) in [7, 11) is -0.882. The Bertz CT molecular complexity index is 982. The molecule has 9 heteroatoms. The van der Waals surface area contributed by atoms with Crippen molar-refractivity contribution in [2.24, 2.45) is 5.92 Å². The van der Waals surface area contributed by atoms with Crippen molar-refractivity contribution >= 4 is 37.5 Å². The van der Waals surface area contributed by atoms with Crippen LogP contribution < -0.4 is 14.8 Å². The number of methoxy groups -OCH3 is 2. The number of carbonyl (C=O) groups is 1. The van der Waals surface area contributed by atoms with E-state index in [-0.39, 0.29) is 17.3 Å². The van der Waals surface area contributed by atoms with E-state index in [0.29, 0.717) is 41.0 Å². The van der Waals surface area contributed by atoms with Crippen LogP contribution in [0.3, 0.4) is 0 Å². The Hall–Kier alpha value is -2.10. The van der Waals surface area contributed by atoms with Gasteiger partial charge in [-0.15, -0.1) is 0 Å². The summed E-state index contributed by atoms with van der Waals surface area (Å²) in [6.45, 7) is 0.486. The molecule has 1 aliphatic heterocycles. The van der Waals surface area contributed by atoms with Crippen molar-refractivity contribution in [3.63, 3.8) is 0 Å². The molecule has 0 radical (unpaired) electrons. The van der Waals surface area contributed by atoms with E-state index in [1.165, 1.54) is 24.6 Å². The minimum Gasteiger partial charge on any atom is -0.493 e. The summed E-state index contributed by atoms with van der Waals surface area (Å²) in [6, 6.07) is 12.1. The van der Waals surface area contributed by atoms with Crippen molar-refractivity contribution in [3.8, 4) is 11.5 Å². The van der Waals surface area contributed by atoms with Crippen LogP contribution in [0.4, 0.5) is 5.69 Å². The third kappa shape index (κ3) is 4.73. The molecule has 1 amide bonds. The summed E-state index contributed by atoms with van der Waals surface area (Å²) in [4.78, 5) is 12.7. The molecule has 1 N–H and O–H groups in total. The van der Waals surface area contributed by atoms with Crippen LogP contribution in [-0.4, -0.2) is 45.9 Å². The highest BCUT2D eigenvalue weighted by molar-refractivity contribution is 9.10. The van der Waals surface area contributed by atoms with Gasteiger partial charge in [-0.1, -0.05) is 18.2 Å². The Morgan fingerprint density at radius 2 is 1.79 bits per heavy atom. The number of rotatable bonds is 6. The van der Waals surface area contributed by atoms with Crippen LogP contribution in [0.25, 0.3) is 0 Å². The van der Waals surface area contributed by atoms with Crippen molar-refractivity contribution in [3.05, 3.63) is 46.9 Å². The van der Waals surface area contributed by atoms with Gasteiger partial charge >= 0.3 is 0 Å². The van der Waals surface area contributed by atoms with Gasteiger partial charge in [-0.25, -0.2) is 8.42 Å². The number of hydrogen-bond acceptors (Lipinski definition) is 5. The van der Waals surface area contributed by atoms with E-state index in [2.05, 4.69) is 21.2 Å². The van der Waals surface area contributed by atoms with Crippen molar-refractivity contribution < 1.29 is 22.7 Å². The van der Waals surface area contributed by atoms with Crippen LogP contribution in [0.5, 0.6) is 11.5 Å². The van der Waals surface area contributed by atoms with Crippen molar-refractivity contribution in [2.75, 3.05) is 32.6 Å². The van der Waals surface area contributed by atoms with Gasteiger partial charge < -0.3 is 14.8 Å². The average Bonchev–Trinajstić information content (AvgIpc) is 2.74. The summed E-state index contributed by atoms with van der Waals surface area (Å²) in [5, 5.41) is 2.86. The van der Waals surface area contributed by atoms with Gasteiger partial charge in [0.1, 0.15) is 4.90 Å². The first kappa shape index (κ1) is 21.6. The molecule has 0 spiro atoms. The van der Waals surface area contributed by atoms with Crippen molar-refractivity contribution in [1.82, 2.24) is 4.31 Å². The second-order valence-electron chi connectivity index (χ2n) is 6.70. The number of benzene rings is 2. The van der Waals surface area contributed by atoms with Crippen LogP contribution in [0, 0.1) is 5.92 Å². The van der Waals surface area contributed by atoms with E-state index in [1.54, 1.807) is 18.2 Å². The molecule has 29 heavy (non-hydrogen) atoms. The first-order valence-electron chi connectivity index (χ1n) is 9.14. The summed E-state index contributed by atoms with van der Waals surface area (Å²) < 4.78 is 38.7. The largest absolute Gasteiger partial charge is 0.493 e. The number of nitrogens with one attached hydrogen (secondary N) is 1. The molecule has 156 valence electrons. The van der Waals surface area contributed by atoms with E-state index in [1.807, 2.05) is 18.2 Å². The standard InChI is InChI=1S/C20H23BrN2O5S/c1-27-17-11-16(21)19(12-18(17)28-2)29(25,26)23-10-6-7-14(13-23)20(24)22-15-8-4-3-5-9-15/h3-5,8-9,11-12,14H,6-7,10,13H2,1-2H3,(H,22,24). The molecule has 0 aliphatic carbocycles. The Morgan fingerprint density at radius 1 is 1.14 bits per heavy atom. The average molecular weight is 483 g/mol. The molecule has 7 nitrogen and oxygen atoms in total. The van der Waals surface area contributed by atoms with E-state index < -0.39 is 15.9 Å². The van der Waals surface area contributed by atoms with Crippen molar-refractivity contribution in [2.45, 2.75) is 17.7 Å². The van der Waals surface area contributed by atoms with Gasteiger partial charge in [0.15, 0.2) is 11.5 Å². The Labute approximate surface area is 179 Å². The predicted molar refractivity (Wildman–Crippen MR) is 114 cm³/mol. The molecular weight excluding hydrogens is 460 g/mol. The van der Waals surface area contributed by atoms with Crippen LogP contribution in [0.1, 0.15) is 12.8 Å². The number of amides is 1. The maximum atomic E-state index is 13.3. The number of nitrogens with zero attached hydrogens (tertiary/aromatic N) is 1. The third-order valence-corrected chi connectivity index (χ3v) is 7.68. The molecule has 0 bridgehead atoms. The lowest BCUT2D eigenvalue weighted by atomic mass is 9.99. The highest BCUT2D eigenvalue weighted by atomic mass is 79.9. The molecule has 0 saturated carbocycles. The quantitative estimate of drug-likeness (QED) is 0.680. The number of ether oxygens (including phenoxy) is 2. The minimum atomic E-state index is -3.82. The Morgan fingerprint density at radius 3 is 2.45 bits per heavy atom. The number of anilines is 1. The molecular formula is C20H23BrN2O5S. The second-order valence-corrected chi connectivity index (χ2v) is 9.46. The molecule has 1 unspecified atom stereocenters. The van der Waals surface area contributed by atoms with Crippen LogP contribution in [0.15, 0.2) is 51.8 Å². The maximum absolute atomic E-state index is 13.3. The van der Waals surface area contributed by atoms with Crippen molar-refractivity contribution in [1.29, 1.82) is 0 Å². The monoisotopic (exact) mass is 482 g/mol. The summed E-state index contributed by atoms with van der Waals surface area (Å²) >= 11 is 3.32. The zero-order valence-electron chi connectivity index (χ0n) is 16.2.